The third-order valence-electron chi connectivity index (χ3n) is 3.98. The zero-order chi connectivity index (χ0) is 13.4. The van der Waals surface area contributed by atoms with E-state index < -0.39 is 0 Å². The number of carbonyl (C=O) groups excluding carboxylic acids is 1. The van der Waals surface area contributed by atoms with Crippen molar-refractivity contribution in [1.82, 2.24) is 4.90 Å². The first-order valence-corrected chi connectivity index (χ1v) is 7.29. The number of rotatable bonds is 7. The molecule has 0 aromatic rings. The van der Waals surface area contributed by atoms with E-state index in [1.54, 1.807) is 4.90 Å². The molecule has 0 aromatic heterocycles. The standard InChI is InChI=1S/C14H28N2O2/c1-2-7-16(8-9-17)14(18)10-12-3-5-13(11-15)6-4-12/h12-13,17H,2-11,15H2,1H3. The van der Waals surface area contributed by atoms with E-state index in [4.69, 9.17) is 10.8 Å². The molecule has 4 nitrogen and oxygen atoms in total. The average Bonchev–Trinajstić information content (AvgIpc) is 2.39. The second-order valence-electron chi connectivity index (χ2n) is 5.43. The Labute approximate surface area is 111 Å². The third kappa shape index (κ3) is 4.94. The molecule has 0 unspecified atom stereocenters. The molecule has 0 spiro atoms. The van der Waals surface area contributed by atoms with Gasteiger partial charge in [0.2, 0.25) is 5.91 Å². The van der Waals surface area contributed by atoms with Crippen molar-refractivity contribution in [1.29, 1.82) is 0 Å². The molecule has 1 aliphatic rings. The van der Waals surface area contributed by atoms with E-state index in [2.05, 4.69) is 6.92 Å². The maximum absolute atomic E-state index is 12.1. The number of aliphatic hydroxyl groups excluding tert-OH is 1. The minimum atomic E-state index is 0.0612. The highest BCUT2D eigenvalue weighted by Crippen LogP contribution is 2.30. The van der Waals surface area contributed by atoms with E-state index in [0.717, 1.165) is 32.4 Å². The lowest BCUT2D eigenvalue weighted by molar-refractivity contribution is -0.133. The number of carbonyl (C=O) groups is 1. The molecule has 1 saturated carbocycles. The fraction of sp³-hybridized carbons (Fsp3) is 0.929. The average molecular weight is 256 g/mol. The molecule has 0 bridgehead atoms. The summed E-state index contributed by atoms with van der Waals surface area (Å²) in [4.78, 5) is 13.9. The van der Waals surface area contributed by atoms with E-state index in [1.165, 1.54) is 12.8 Å². The Bertz CT molecular complexity index is 232. The summed E-state index contributed by atoms with van der Waals surface area (Å²) in [6, 6.07) is 0. The summed E-state index contributed by atoms with van der Waals surface area (Å²) < 4.78 is 0. The summed E-state index contributed by atoms with van der Waals surface area (Å²) in [5.41, 5.74) is 5.67. The van der Waals surface area contributed by atoms with Crippen LogP contribution in [0.2, 0.25) is 0 Å². The molecule has 18 heavy (non-hydrogen) atoms. The molecule has 1 aliphatic carbocycles. The van der Waals surface area contributed by atoms with Crippen LogP contribution in [0.5, 0.6) is 0 Å². The summed E-state index contributed by atoms with van der Waals surface area (Å²) in [7, 11) is 0. The van der Waals surface area contributed by atoms with Crippen molar-refractivity contribution in [2.75, 3.05) is 26.2 Å². The summed E-state index contributed by atoms with van der Waals surface area (Å²) in [5.74, 6) is 1.40. The monoisotopic (exact) mass is 256 g/mol. The van der Waals surface area contributed by atoms with Crippen LogP contribution in [-0.4, -0.2) is 42.2 Å². The predicted octanol–water partition coefficient (Wildman–Crippen LogP) is 1.37. The quantitative estimate of drug-likeness (QED) is 0.723. The summed E-state index contributed by atoms with van der Waals surface area (Å²) in [5, 5.41) is 8.98. The maximum Gasteiger partial charge on any atom is 0.222 e. The number of amides is 1. The van der Waals surface area contributed by atoms with Gasteiger partial charge in [0.15, 0.2) is 0 Å². The van der Waals surface area contributed by atoms with Crippen LogP contribution in [0.3, 0.4) is 0 Å². The summed E-state index contributed by atoms with van der Waals surface area (Å²) >= 11 is 0. The molecule has 0 aliphatic heterocycles. The van der Waals surface area contributed by atoms with Crippen molar-refractivity contribution in [3.8, 4) is 0 Å². The van der Waals surface area contributed by atoms with Gasteiger partial charge in [-0.1, -0.05) is 6.92 Å². The van der Waals surface area contributed by atoms with Crippen molar-refractivity contribution < 1.29 is 9.90 Å². The lowest BCUT2D eigenvalue weighted by atomic mass is 9.80. The van der Waals surface area contributed by atoms with Gasteiger partial charge in [-0.3, -0.25) is 4.79 Å². The van der Waals surface area contributed by atoms with E-state index in [0.29, 0.717) is 24.8 Å². The van der Waals surface area contributed by atoms with Crippen LogP contribution in [0.15, 0.2) is 0 Å². The first-order chi connectivity index (χ1) is 8.71. The van der Waals surface area contributed by atoms with Crippen LogP contribution >= 0.6 is 0 Å². The topological polar surface area (TPSA) is 66.6 Å². The van der Waals surface area contributed by atoms with Gasteiger partial charge in [-0.25, -0.2) is 0 Å². The molecule has 0 saturated heterocycles. The zero-order valence-electron chi connectivity index (χ0n) is 11.6. The van der Waals surface area contributed by atoms with Gasteiger partial charge >= 0.3 is 0 Å². The van der Waals surface area contributed by atoms with Gasteiger partial charge in [0, 0.05) is 19.5 Å². The van der Waals surface area contributed by atoms with Crippen LogP contribution in [0, 0.1) is 11.8 Å². The van der Waals surface area contributed by atoms with Crippen molar-refractivity contribution >= 4 is 5.91 Å². The van der Waals surface area contributed by atoms with Crippen molar-refractivity contribution in [3.05, 3.63) is 0 Å². The Kier molecular flexibility index (Phi) is 7.28. The maximum atomic E-state index is 12.1. The lowest BCUT2D eigenvalue weighted by Gasteiger charge is -2.29. The van der Waals surface area contributed by atoms with E-state index in [9.17, 15) is 4.79 Å². The normalized spacial score (nSPS) is 23.9. The lowest BCUT2D eigenvalue weighted by Crippen LogP contribution is -2.36. The highest BCUT2D eigenvalue weighted by molar-refractivity contribution is 5.76. The molecular weight excluding hydrogens is 228 g/mol. The van der Waals surface area contributed by atoms with Crippen LogP contribution in [0.4, 0.5) is 0 Å². The molecule has 106 valence electrons. The fourth-order valence-corrected chi connectivity index (χ4v) is 2.80. The number of aliphatic hydroxyl groups is 1. The molecule has 4 heteroatoms. The predicted molar refractivity (Wildman–Crippen MR) is 73.1 cm³/mol. The highest BCUT2D eigenvalue weighted by Gasteiger charge is 2.24. The third-order valence-corrected chi connectivity index (χ3v) is 3.98. The Balaban J connectivity index is 2.34. The second kappa shape index (κ2) is 8.48. The molecule has 3 N–H and O–H groups in total. The molecule has 0 heterocycles. The van der Waals surface area contributed by atoms with Crippen molar-refractivity contribution in [3.63, 3.8) is 0 Å². The number of nitrogens with zero attached hydrogens (tertiary/aromatic N) is 1. The first-order valence-electron chi connectivity index (χ1n) is 7.29. The van der Waals surface area contributed by atoms with Crippen LogP contribution in [0.25, 0.3) is 0 Å². The number of hydrogen-bond acceptors (Lipinski definition) is 3. The molecule has 1 rings (SSSR count). The Morgan fingerprint density at radius 2 is 1.83 bits per heavy atom. The minimum Gasteiger partial charge on any atom is -0.395 e. The SMILES string of the molecule is CCCN(CCO)C(=O)CC1CCC(CN)CC1. The van der Waals surface area contributed by atoms with Crippen LogP contribution in [-0.2, 0) is 4.79 Å². The fourth-order valence-electron chi connectivity index (χ4n) is 2.80. The highest BCUT2D eigenvalue weighted by atomic mass is 16.3. The molecule has 0 atom stereocenters. The first kappa shape index (κ1) is 15.4. The van der Waals surface area contributed by atoms with Gasteiger partial charge in [0.25, 0.3) is 0 Å². The van der Waals surface area contributed by atoms with Crippen molar-refractivity contribution in [2.24, 2.45) is 17.6 Å². The minimum absolute atomic E-state index is 0.0612. The van der Waals surface area contributed by atoms with Crippen LogP contribution < -0.4 is 5.73 Å². The molecule has 0 radical (unpaired) electrons. The Morgan fingerprint density at radius 1 is 1.22 bits per heavy atom. The van der Waals surface area contributed by atoms with Gasteiger partial charge in [-0.15, -0.1) is 0 Å². The van der Waals surface area contributed by atoms with Gasteiger partial charge < -0.3 is 15.7 Å². The van der Waals surface area contributed by atoms with Gasteiger partial charge in [0.05, 0.1) is 6.61 Å². The Hall–Kier alpha value is -0.610. The molecule has 0 aromatic carbocycles. The largest absolute Gasteiger partial charge is 0.395 e. The van der Waals surface area contributed by atoms with E-state index >= 15 is 0 Å². The molecule has 1 amide bonds. The van der Waals surface area contributed by atoms with Gasteiger partial charge in [-0.05, 0) is 50.5 Å². The summed E-state index contributed by atoms with van der Waals surface area (Å²) in [6.45, 7) is 4.14. The zero-order valence-corrected chi connectivity index (χ0v) is 11.6. The van der Waals surface area contributed by atoms with Gasteiger partial charge in [-0.2, -0.15) is 0 Å². The van der Waals surface area contributed by atoms with Crippen LogP contribution in [0.1, 0.15) is 45.4 Å². The van der Waals surface area contributed by atoms with E-state index in [1.807, 2.05) is 0 Å². The molecule has 1 fully saturated rings. The van der Waals surface area contributed by atoms with E-state index in [-0.39, 0.29) is 12.5 Å². The Morgan fingerprint density at radius 3 is 2.33 bits per heavy atom. The smallest absolute Gasteiger partial charge is 0.222 e. The molecular formula is C14H28N2O2. The second-order valence-corrected chi connectivity index (χ2v) is 5.43. The van der Waals surface area contributed by atoms with Crippen molar-refractivity contribution in [2.45, 2.75) is 45.4 Å². The summed E-state index contributed by atoms with van der Waals surface area (Å²) in [6.07, 6.45) is 6.20. The number of hydrogen-bond donors (Lipinski definition) is 2. The van der Waals surface area contributed by atoms with Gasteiger partial charge in [0.1, 0.15) is 0 Å². The number of nitrogens with two attached hydrogens (primary N) is 1.